The van der Waals surface area contributed by atoms with Gasteiger partial charge in [0.2, 0.25) is 0 Å². The van der Waals surface area contributed by atoms with Crippen molar-refractivity contribution in [2.24, 2.45) is 0 Å². The minimum absolute atomic E-state index is 0.365. The summed E-state index contributed by atoms with van der Waals surface area (Å²) in [6.45, 7) is 3.53. The summed E-state index contributed by atoms with van der Waals surface area (Å²) in [6, 6.07) is 10.9. The molecule has 0 aliphatic rings. The number of benzene rings is 2. The van der Waals surface area contributed by atoms with E-state index in [1.807, 2.05) is 32.0 Å². The van der Waals surface area contributed by atoms with Crippen LogP contribution in [0.15, 0.2) is 42.5 Å². The van der Waals surface area contributed by atoms with Crippen LogP contribution in [0.4, 0.5) is 5.69 Å². The number of hydrogen-bond donors (Lipinski definition) is 1. The molecule has 2 aromatic rings. The van der Waals surface area contributed by atoms with Crippen LogP contribution in [-0.2, 0) is 14.3 Å². The minimum Gasteiger partial charge on any atom is -0.497 e. The van der Waals surface area contributed by atoms with Crippen molar-refractivity contribution in [3.05, 3.63) is 59.2 Å². The highest BCUT2D eigenvalue weighted by molar-refractivity contribution is 5.94. The Morgan fingerprint density at radius 1 is 1.00 bits per heavy atom. The molecule has 0 unspecified atom stereocenters. The van der Waals surface area contributed by atoms with Crippen LogP contribution >= 0.6 is 0 Å². The number of esters is 1. The van der Waals surface area contributed by atoms with E-state index in [9.17, 15) is 9.59 Å². The van der Waals surface area contributed by atoms with E-state index in [1.54, 1.807) is 31.4 Å². The quantitative estimate of drug-likeness (QED) is 0.597. The summed E-state index contributed by atoms with van der Waals surface area (Å²) < 4.78 is 15.4. The van der Waals surface area contributed by atoms with Crippen molar-refractivity contribution >= 4 is 23.6 Å². The van der Waals surface area contributed by atoms with E-state index < -0.39 is 11.9 Å². The molecule has 0 aromatic heterocycles. The van der Waals surface area contributed by atoms with Crippen molar-refractivity contribution in [3.63, 3.8) is 0 Å². The van der Waals surface area contributed by atoms with Gasteiger partial charge in [-0.15, -0.1) is 0 Å². The van der Waals surface area contributed by atoms with Crippen LogP contribution in [0.5, 0.6) is 11.5 Å². The van der Waals surface area contributed by atoms with Crippen molar-refractivity contribution in [3.8, 4) is 11.5 Å². The molecule has 0 bridgehead atoms. The predicted molar refractivity (Wildman–Crippen MR) is 104 cm³/mol. The van der Waals surface area contributed by atoms with Gasteiger partial charge in [0.05, 0.1) is 14.2 Å². The van der Waals surface area contributed by atoms with Crippen LogP contribution in [0.1, 0.15) is 16.7 Å². The molecule has 0 saturated carbocycles. The normalized spacial score (nSPS) is 10.5. The first kappa shape index (κ1) is 20.0. The van der Waals surface area contributed by atoms with E-state index in [0.717, 1.165) is 11.1 Å². The number of methoxy groups -OCH3 is 2. The van der Waals surface area contributed by atoms with Gasteiger partial charge < -0.3 is 19.5 Å². The lowest BCUT2D eigenvalue weighted by atomic mass is 10.1. The molecule has 0 heterocycles. The average molecular weight is 369 g/mol. The fraction of sp³-hybridized carbons (Fsp3) is 0.238. The molecule has 1 amide bonds. The molecule has 0 spiro atoms. The van der Waals surface area contributed by atoms with Gasteiger partial charge in [-0.25, -0.2) is 4.79 Å². The monoisotopic (exact) mass is 369 g/mol. The standard InChI is InChI=1S/C21H23NO5/c1-14-9-15(2)11-17(10-14)22-20(23)13-27-21(24)8-6-16-5-7-18(25-3)12-19(16)26-4/h5-12H,13H2,1-4H3,(H,22,23)/b8-6+. The maximum atomic E-state index is 11.9. The van der Waals surface area contributed by atoms with Crippen LogP contribution in [0, 0.1) is 13.8 Å². The number of anilines is 1. The molecule has 2 rings (SSSR count). The highest BCUT2D eigenvalue weighted by Gasteiger charge is 2.07. The lowest BCUT2D eigenvalue weighted by Gasteiger charge is -2.08. The van der Waals surface area contributed by atoms with Gasteiger partial charge in [0.15, 0.2) is 6.61 Å². The van der Waals surface area contributed by atoms with Gasteiger partial charge in [-0.3, -0.25) is 4.79 Å². The lowest BCUT2D eigenvalue weighted by molar-refractivity contribution is -0.142. The molecule has 0 radical (unpaired) electrons. The largest absolute Gasteiger partial charge is 0.497 e. The number of ether oxygens (including phenoxy) is 3. The predicted octanol–water partition coefficient (Wildman–Crippen LogP) is 3.52. The van der Waals surface area contributed by atoms with E-state index in [2.05, 4.69) is 5.32 Å². The summed E-state index contributed by atoms with van der Waals surface area (Å²) in [5, 5.41) is 2.71. The molecule has 6 heteroatoms. The summed E-state index contributed by atoms with van der Waals surface area (Å²) in [7, 11) is 3.09. The van der Waals surface area contributed by atoms with E-state index >= 15 is 0 Å². The maximum absolute atomic E-state index is 11.9. The van der Waals surface area contributed by atoms with Gasteiger partial charge in [0.1, 0.15) is 11.5 Å². The molecule has 0 aliphatic carbocycles. The molecule has 0 saturated heterocycles. The Morgan fingerprint density at radius 2 is 1.70 bits per heavy atom. The Labute approximate surface area is 158 Å². The molecule has 0 atom stereocenters. The van der Waals surface area contributed by atoms with Crippen LogP contribution in [0.3, 0.4) is 0 Å². The SMILES string of the molecule is COc1ccc(/C=C/C(=O)OCC(=O)Nc2cc(C)cc(C)c2)c(OC)c1. The number of amides is 1. The third-order valence-electron chi connectivity index (χ3n) is 3.69. The first-order chi connectivity index (χ1) is 12.9. The third kappa shape index (κ3) is 6.18. The van der Waals surface area contributed by atoms with Crippen molar-refractivity contribution in [1.82, 2.24) is 0 Å². The number of rotatable bonds is 7. The molecule has 6 nitrogen and oxygen atoms in total. The van der Waals surface area contributed by atoms with Crippen LogP contribution in [0.25, 0.3) is 6.08 Å². The zero-order chi connectivity index (χ0) is 19.8. The number of aryl methyl sites for hydroxylation is 2. The molecule has 1 N–H and O–H groups in total. The van der Waals surface area contributed by atoms with Crippen molar-refractivity contribution in [2.45, 2.75) is 13.8 Å². The van der Waals surface area contributed by atoms with Gasteiger partial charge in [0.25, 0.3) is 5.91 Å². The van der Waals surface area contributed by atoms with Gasteiger partial charge >= 0.3 is 5.97 Å². The second-order valence-corrected chi connectivity index (χ2v) is 5.97. The first-order valence-corrected chi connectivity index (χ1v) is 8.36. The Hall–Kier alpha value is -3.28. The number of carbonyl (C=O) groups is 2. The van der Waals surface area contributed by atoms with Gasteiger partial charge in [0, 0.05) is 23.4 Å². The fourth-order valence-corrected chi connectivity index (χ4v) is 2.54. The molecule has 2 aromatic carbocycles. The average Bonchev–Trinajstić information content (AvgIpc) is 2.63. The molecule has 142 valence electrons. The van der Waals surface area contributed by atoms with Crippen LogP contribution in [0.2, 0.25) is 0 Å². The molecule has 27 heavy (non-hydrogen) atoms. The summed E-state index contributed by atoms with van der Waals surface area (Å²) in [6.07, 6.45) is 2.80. The number of carbonyl (C=O) groups excluding carboxylic acids is 2. The number of nitrogens with one attached hydrogen (secondary N) is 1. The topological polar surface area (TPSA) is 73.9 Å². The molecular formula is C21H23NO5. The second-order valence-electron chi connectivity index (χ2n) is 5.97. The fourth-order valence-electron chi connectivity index (χ4n) is 2.54. The lowest BCUT2D eigenvalue weighted by Crippen LogP contribution is -2.20. The summed E-state index contributed by atoms with van der Waals surface area (Å²) in [4.78, 5) is 23.8. The Balaban J connectivity index is 1.90. The third-order valence-corrected chi connectivity index (χ3v) is 3.69. The second kappa shape index (κ2) is 9.43. The highest BCUT2D eigenvalue weighted by Crippen LogP contribution is 2.25. The van der Waals surface area contributed by atoms with Gasteiger partial charge in [-0.2, -0.15) is 0 Å². The summed E-state index contributed by atoms with van der Waals surface area (Å²) >= 11 is 0. The van der Waals surface area contributed by atoms with E-state index in [4.69, 9.17) is 14.2 Å². The minimum atomic E-state index is -0.622. The van der Waals surface area contributed by atoms with Gasteiger partial charge in [-0.05, 0) is 55.3 Å². The van der Waals surface area contributed by atoms with Crippen molar-refractivity contribution < 1.29 is 23.8 Å². The van der Waals surface area contributed by atoms with E-state index in [1.165, 1.54) is 13.2 Å². The highest BCUT2D eigenvalue weighted by atomic mass is 16.5. The van der Waals surface area contributed by atoms with Crippen LogP contribution < -0.4 is 14.8 Å². The van der Waals surface area contributed by atoms with Crippen LogP contribution in [-0.4, -0.2) is 32.7 Å². The maximum Gasteiger partial charge on any atom is 0.331 e. The molecular weight excluding hydrogens is 346 g/mol. The molecule has 0 aliphatic heterocycles. The zero-order valence-corrected chi connectivity index (χ0v) is 15.9. The first-order valence-electron chi connectivity index (χ1n) is 8.36. The van der Waals surface area contributed by atoms with Crippen molar-refractivity contribution in [2.75, 3.05) is 26.1 Å². The smallest absolute Gasteiger partial charge is 0.331 e. The zero-order valence-electron chi connectivity index (χ0n) is 15.9. The molecule has 0 fully saturated rings. The summed E-state index contributed by atoms with van der Waals surface area (Å²) in [5.74, 6) is 0.188. The Kier molecular flexibility index (Phi) is 7.00. The van der Waals surface area contributed by atoms with Gasteiger partial charge in [-0.1, -0.05) is 6.07 Å². The van der Waals surface area contributed by atoms with Crippen molar-refractivity contribution in [1.29, 1.82) is 0 Å². The number of hydrogen-bond acceptors (Lipinski definition) is 5. The van der Waals surface area contributed by atoms with E-state index in [0.29, 0.717) is 22.7 Å². The Morgan fingerprint density at radius 3 is 2.33 bits per heavy atom. The Bertz CT molecular complexity index is 837. The van der Waals surface area contributed by atoms with E-state index in [-0.39, 0.29) is 6.61 Å². The summed E-state index contributed by atoms with van der Waals surface area (Å²) in [5.41, 5.74) is 3.44.